The molecule has 5 atom stereocenters. The smallest absolute Gasteiger partial charge is 0.141 e. The Labute approximate surface area is 281 Å². The van der Waals surface area contributed by atoms with Gasteiger partial charge in [-0.05, 0) is 86.2 Å². The Morgan fingerprint density at radius 1 is 0.830 bits per heavy atom. The summed E-state index contributed by atoms with van der Waals surface area (Å²) >= 11 is 1.69. The Bertz CT molecular complexity index is 1940. The standard InChI is InChI=1S/C41H42N4OS/c1-45(2)39-28-15-9-10-16-34(28)42-38(44-39)32-22-30(32)33-24-41(33)19-17-25(18-20-41)29-21-31(29)35(46)23-36-37(26-11-5-3-6-12-26)43-40(47-36)27-13-7-4-8-14-27/h3-16,25,29-33H,17-24H2,1-2H3/t25?,29?,30?,31?,32?,33-,41?/m1/s1. The summed E-state index contributed by atoms with van der Waals surface area (Å²) in [5.74, 6) is 6.16. The van der Waals surface area contributed by atoms with E-state index in [2.05, 4.69) is 91.8 Å². The zero-order valence-electron chi connectivity index (χ0n) is 27.3. The van der Waals surface area contributed by atoms with Crippen LogP contribution in [0.15, 0.2) is 84.9 Å². The van der Waals surface area contributed by atoms with E-state index < -0.39 is 0 Å². The Kier molecular flexibility index (Phi) is 7.07. The lowest BCUT2D eigenvalue weighted by Crippen LogP contribution is -2.20. The molecule has 6 heteroatoms. The van der Waals surface area contributed by atoms with E-state index in [1.165, 1.54) is 38.5 Å². The molecule has 238 valence electrons. The predicted octanol–water partition coefficient (Wildman–Crippen LogP) is 9.23. The number of anilines is 1. The van der Waals surface area contributed by atoms with Gasteiger partial charge in [-0.25, -0.2) is 15.0 Å². The van der Waals surface area contributed by atoms with Crippen LogP contribution in [0.3, 0.4) is 0 Å². The molecule has 47 heavy (non-hydrogen) atoms. The highest BCUT2D eigenvalue weighted by Crippen LogP contribution is 2.73. The van der Waals surface area contributed by atoms with E-state index in [1.807, 2.05) is 12.1 Å². The number of ketones is 1. The first-order valence-electron chi connectivity index (χ1n) is 17.5. The Morgan fingerprint density at radius 2 is 1.53 bits per heavy atom. The Balaban J connectivity index is 0.828. The molecule has 4 unspecified atom stereocenters. The molecule has 0 aliphatic heterocycles. The lowest BCUT2D eigenvalue weighted by atomic mass is 9.75. The van der Waals surface area contributed by atoms with Gasteiger partial charge in [0, 0.05) is 53.7 Å². The van der Waals surface area contributed by atoms with E-state index in [1.54, 1.807) is 11.3 Å². The number of para-hydroxylation sites is 1. The summed E-state index contributed by atoms with van der Waals surface area (Å²) in [6.45, 7) is 0. The highest BCUT2D eigenvalue weighted by atomic mass is 32.1. The summed E-state index contributed by atoms with van der Waals surface area (Å²) in [6.07, 6.45) is 9.51. The van der Waals surface area contributed by atoms with Crippen molar-refractivity contribution in [2.75, 3.05) is 19.0 Å². The summed E-state index contributed by atoms with van der Waals surface area (Å²) in [5, 5.41) is 2.14. The monoisotopic (exact) mass is 638 g/mol. The SMILES string of the molecule is CN(C)c1nc(C2CC2[C@H]2CC23CCC(C2CC2C(=O)Cc2sc(-c4ccccc4)nc2-c2ccccc2)CC3)nc2ccccc12. The van der Waals surface area contributed by atoms with Gasteiger partial charge in [0.2, 0.25) is 0 Å². The van der Waals surface area contributed by atoms with Gasteiger partial charge in [0.15, 0.2) is 0 Å². The fraction of sp³-hybridized carbons (Fsp3) is 0.415. The van der Waals surface area contributed by atoms with Gasteiger partial charge in [-0.2, -0.15) is 0 Å². The van der Waals surface area contributed by atoms with Crippen LogP contribution < -0.4 is 4.90 Å². The first-order valence-corrected chi connectivity index (χ1v) is 18.4. The van der Waals surface area contributed by atoms with Gasteiger partial charge in [0.05, 0.1) is 11.2 Å². The van der Waals surface area contributed by atoms with Crippen molar-refractivity contribution in [3.63, 3.8) is 0 Å². The van der Waals surface area contributed by atoms with E-state index in [4.69, 9.17) is 15.0 Å². The number of thiazole rings is 1. The summed E-state index contributed by atoms with van der Waals surface area (Å²) in [6, 6.07) is 29.2. The average molecular weight is 639 g/mol. The molecule has 4 aliphatic rings. The summed E-state index contributed by atoms with van der Waals surface area (Å²) in [4.78, 5) is 32.1. The summed E-state index contributed by atoms with van der Waals surface area (Å²) < 4.78 is 0. The molecule has 4 aliphatic carbocycles. The minimum absolute atomic E-state index is 0.235. The van der Waals surface area contributed by atoms with Crippen molar-refractivity contribution in [2.24, 2.45) is 35.0 Å². The van der Waals surface area contributed by atoms with Gasteiger partial charge in [-0.1, -0.05) is 72.8 Å². The maximum atomic E-state index is 13.7. The van der Waals surface area contributed by atoms with E-state index in [9.17, 15) is 4.79 Å². The van der Waals surface area contributed by atoms with Crippen LogP contribution in [0.5, 0.6) is 0 Å². The maximum absolute atomic E-state index is 13.7. The highest BCUT2D eigenvalue weighted by Gasteiger charge is 2.64. The van der Waals surface area contributed by atoms with Crippen LogP contribution in [0.1, 0.15) is 61.6 Å². The predicted molar refractivity (Wildman–Crippen MR) is 191 cm³/mol. The van der Waals surface area contributed by atoms with Crippen LogP contribution in [0.25, 0.3) is 32.7 Å². The number of hydrogen-bond donors (Lipinski definition) is 0. The minimum atomic E-state index is 0.235. The molecule has 0 amide bonds. The average Bonchev–Trinajstić information content (AvgIpc) is 4.05. The van der Waals surface area contributed by atoms with Crippen LogP contribution >= 0.6 is 11.3 Å². The largest absolute Gasteiger partial charge is 0.362 e. The van der Waals surface area contributed by atoms with Gasteiger partial charge in [0.1, 0.15) is 22.4 Å². The molecule has 2 aromatic heterocycles. The number of benzene rings is 3. The van der Waals surface area contributed by atoms with Crippen LogP contribution in [-0.2, 0) is 11.2 Å². The summed E-state index contributed by atoms with van der Waals surface area (Å²) in [5.41, 5.74) is 4.81. The van der Waals surface area contributed by atoms with Crippen molar-refractivity contribution in [2.45, 2.75) is 57.3 Å². The van der Waals surface area contributed by atoms with E-state index in [-0.39, 0.29) is 5.92 Å². The van der Waals surface area contributed by atoms with Crippen LogP contribution in [0, 0.1) is 35.0 Å². The van der Waals surface area contributed by atoms with Crippen molar-refractivity contribution in [3.05, 3.63) is 95.6 Å². The van der Waals surface area contributed by atoms with Gasteiger partial charge in [-0.15, -0.1) is 11.3 Å². The number of Topliss-reactive ketones (excluding diaryl/α,β-unsaturated/α-hetero) is 1. The number of carbonyl (C=O) groups is 1. The third-order valence-corrected chi connectivity index (χ3v) is 13.1. The van der Waals surface area contributed by atoms with Crippen LogP contribution in [0.2, 0.25) is 0 Å². The first-order chi connectivity index (χ1) is 23.0. The van der Waals surface area contributed by atoms with Crippen molar-refractivity contribution in [3.8, 4) is 21.8 Å². The lowest BCUT2D eigenvalue weighted by Gasteiger charge is -2.30. The molecule has 9 rings (SSSR count). The minimum Gasteiger partial charge on any atom is -0.362 e. The molecule has 0 radical (unpaired) electrons. The van der Waals surface area contributed by atoms with Crippen molar-refractivity contribution < 1.29 is 4.79 Å². The quantitative estimate of drug-likeness (QED) is 0.161. The number of hydrogen-bond acceptors (Lipinski definition) is 6. The number of fused-ring (bicyclic) bond motifs is 1. The van der Waals surface area contributed by atoms with Gasteiger partial charge in [-0.3, -0.25) is 4.79 Å². The van der Waals surface area contributed by atoms with Crippen molar-refractivity contribution in [1.82, 2.24) is 15.0 Å². The van der Waals surface area contributed by atoms with Gasteiger partial charge < -0.3 is 4.90 Å². The first kappa shape index (κ1) is 29.3. The summed E-state index contributed by atoms with van der Waals surface area (Å²) in [7, 11) is 4.16. The molecular formula is C41H42N4OS. The zero-order chi connectivity index (χ0) is 31.7. The molecule has 0 N–H and O–H groups in total. The third-order valence-electron chi connectivity index (χ3n) is 12.0. The normalized spacial score (nSPS) is 29.1. The van der Waals surface area contributed by atoms with E-state index >= 15 is 0 Å². The molecule has 2 heterocycles. The van der Waals surface area contributed by atoms with Crippen molar-refractivity contribution in [1.29, 1.82) is 0 Å². The van der Waals surface area contributed by atoms with Crippen LogP contribution in [-0.4, -0.2) is 34.8 Å². The van der Waals surface area contributed by atoms with Crippen molar-refractivity contribution >= 4 is 33.8 Å². The highest BCUT2D eigenvalue weighted by molar-refractivity contribution is 7.15. The molecule has 1 spiro atoms. The van der Waals surface area contributed by atoms with Gasteiger partial charge >= 0.3 is 0 Å². The second-order valence-corrected chi connectivity index (χ2v) is 16.1. The molecule has 5 aromatic rings. The number of rotatable bonds is 9. The molecular weight excluding hydrogens is 597 g/mol. The Hall–Kier alpha value is -3.90. The third kappa shape index (κ3) is 5.39. The van der Waals surface area contributed by atoms with Gasteiger partial charge in [0.25, 0.3) is 0 Å². The Morgan fingerprint density at radius 3 is 2.28 bits per heavy atom. The van der Waals surface area contributed by atoms with E-state index in [0.29, 0.717) is 35.4 Å². The molecule has 5 nitrogen and oxygen atoms in total. The molecule has 4 fully saturated rings. The molecule has 4 saturated carbocycles. The maximum Gasteiger partial charge on any atom is 0.141 e. The van der Waals surface area contributed by atoms with Crippen LogP contribution in [0.4, 0.5) is 5.82 Å². The number of carbonyl (C=O) groups excluding carboxylic acids is 1. The number of nitrogens with zero attached hydrogens (tertiary/aromatic N) is 4. The fourth-order valence-corrected chi connectivity index (χ4v) is 10.2. The molecule has 0 saturated heterocycles. The zero-order valence-corrected chi connectivity index (χ0v) is 28.1. The second kappa shape index (κ2) is 11.4. The fourth-order valence-electron chi connectivity index (χ4n) is 9.14. The second-order valence-electron chi connectivity index (χ2n) is 15.0. The lowest BCUT2D eigenvalue weighted by molar-refractivity contribution is -0.120. The molecule has 3 aromatic carbocycles. The topological polar surface area (TPSA) is 59.0 Å². The molecule has 0 bridgehead atoms. The number of aromatic nitrogens is 3. The van der Waals surface area contributed by atoms with E-state index in [0.717, 1.165) is 67.5 Å².